The van der Waals surface area contributed by atoms with Gasteiger partial charge in [0.1, 0.15) is 5.82 Å². The highest BCUT2D eigenvalue weighted by Gasteiger charge is 2.63. The summed E-state index contributed by atoms with van der Waals surface area (Å²) in [5.74, 6) is -1.81. The number of carbonyl (C=O) groups excluding carboxylic acids is 1. The predicted molar refractivity (Wildman–Crippen MR) is 85.9 cm³/mol. The van der Waals surface area contributed by atoms with Crippen LogP contribution in [-0.4, -0.2) is 33.6 Å². The molecule has 1 aliphatic heterocycles. The first-order valence-electron chi connectivity index (χ1n) is 7.65. The Hall–Kier alpha value is -2.74. The number of nitrogens with zero attached hydrogens (tertiary/aromatic N) is 2. The normalized spacial score (nSPS) is 20.2. The van der Waals surface area contributed by atoms with Gasteiger partial charge in [-0.3, -0.25) is 4.79 Å². The van der Waals surface area contributed by atoms with E-state index in [1.807, 2.05) is 6.92 Å². The summed E-state index contributed by atoms with van der Waals surface area (Å²) in [4.78, 5) is 12.5. The molecule has 1 heterocycles. The molecule has 8 heteroatoms. The highest BCUT2D eigenvalue weighted by atomic mass is 19.4. The molecule has 4 nitrogen and oxygen atoms in total. The summed E-state index contributed by atoms with van der Waals surface area (Å²) in [6.45, 7) is 1.82. The van der Waals surface area contributed by atoms with Gasteiger partial charge < -0.3 is 5.11 Å². The molecule has 0 fully saturated rings. The Kier molecular flexibility index (Phi) is 4.31. The first-order valence-corrected chi connectivity index (χ1v) is 7.65. The number of alkyl halides is 3. The largest absolute Gasteiger partial charge is 0.438 e. The number of carbonyl (C=O) groups is 1. The van der Waals surface area contributed by atoms with Crippen molar-refractivity contribution in [2.24, 2.45) is 5.10 Å². The molecule has 1 N–H and O–H groups in total. The molecule has 2 aromatic carbocycles. The number of benzene rings is 2. The van der Waals surface area contributed by atoms with E-state index in [0.29, 0.717) is 5.56 Å². The SMILES string of the molecule is Cc1ccc(C2=NN(C(=O)c3ccc(F)cc3)[C@](O)(C(F)(F)F)C2)cc1. The molecule has 0 aliphatic carbocycles. The molecule has 0 radical (unpaired) electrons. The lowest BCUT2D eigenvalue weighted by molar-refractivity contribution is -0.297. The van der Waals surface area contributed by atoms with Crippen molar-refractivity contribution in [3.05, 3.63) is 71.0 Å². The van der Waals surface area contributed by atoms with Crippen LogP contribution in [0.15, 0.2) is 53.6 Å². The van der Waals surface area contributed by atoms with Crippen molar-refractivity contribution >= 4 is 11.6 Å². The zero-order valence-electron chi connectivity index (χ0n) is 13.6. The third-order valence-corrected chi connectivity index (χ3v) is 4.11. The van der Waals surface area contributed by atoms with Gasteiger partial charge in [0.15, 0.2) is 0 Å². The highest BCUT2D eigenvalue weighted by molar-refractivity contribution is 6.05. The standard InChI is InChI=1S/C18H14F4N2O2/c1-11-2-4-12(5-3-11)15-10-17(26,18(20,21)22)24(23-15)16(25)13-6-8-14(19)9-7-13/h2-9,26H,10H2,1H3/t17-/m1/s1. The Labute approximate surface area is 146 Å². The third kappa shape index (κ3) is 3.08. The lowest BCUT2D eigenvalue weighted by Crippen LogP contribution is -2.56. The van der Waals surface area contributed by atoms with E-state index < -0.39 is 30.0 Å². The van der Waals surface area contributed by atoms with Crippen molar-refractivity contribution in [1.29, 1.82) is 0 Å². The first kappa shape index (κ1) is 18.1. The van der Waals surface area contributed by atoms with E-state index in [4.69, 9.17) is 0 Å². The van der Waals surface area contributed by atoms with Gasteiger partial charge in [-0.2, -0.15) is 23.3 Å². The third-order valence-electron chi connectivity index (χ3n) is 4.11. The van der Waals surface area contributed by atoms with Gasteiger partial charge in [0.25, 0.3) is 11.6 Å². The molecule has 0 bridgehead atoms. The number of rotatable bonds is 2. The van der Waals surface area contributed by atoms with Gasteiger partial charge in [-0.25, -0.2) is 4.39 Å². The number of aliphatic hydroxyl groups is 1. The van der Waals surface area contributed by atoms with Gasteiger partial charge in [0.2, 0.25) is 0 Å². The van der Waals surface area contributed by atoms with Crippen molar-refractivity contribution in [3.8, 4) is 0 Å². The van der Waals surface area contributed by atoms with Crippen molar-refractivity contribution in [2.75, 3.05) is 0 Å². The van der Waals surface area contributed by atoms with Crippen LogP contribution in [0.1, 0.15) is 27.9 Å². The minimum Gasteiger partial charge on any atom is -0.362 e. The number of halogens is 4. The van der Waals surface area contributed by atoms with Gasteiger partial charge in [-0.1, -0.05) is 29.8 Å². The molecule has 0 unspecified atom stereocenters. The predicted octanol–water partition coefficient (Wildman–Crippen LogP) is 3.64. The maximum Gasteiger partial charge on any atom is 0.438 e. The number of hydrazone groups is 1. The van der Waals surface area contributed by atoms with Crippen LogP contribution >= 0.6 is 0 Å². The number of aryl methyl sites for hydroxylation is 1. The van der Waals surface area contributed by atoms with Crippen LogP contribution in [0.25, 0.3) is 0 Å². The molecule has 1 atom stereocenters. The van der Waals surface area contributed by atoms with Crippen molar-refractivity contribution in [3.63, 3.8) is 0 Å². The smallest absolute Gasteiger partial charge is 0.362 e. The van der Waals surface area contributed by atoms with Gasteiger partial charge in [-0.15, -0.1) is 0 Å². The first-order chi connectivity index (χ1) is 12.1. The van der Waals surface area contributed by atoms with E-state index >= 15 is 0 Å². The minimum atomic E-state index is -5.13. The second-order valence-corrected chi connectivity index (χ2v) is 6.03. The monoisotopic (exact) mass is 366 g/mol. The summed E-state index contributed by atoms with van der Waals surface area (Å²) >= 11 is 0. The lowest BCUT2D eigenvalue weighted by atomic mass is 10.00. The average molecular weight is 366 g/mol. The van der Waals surface area contributed by atoms with E-state index in [9.17, 15) is 27.5 Å². The topological polar surface area (TPSA) is 52.9 Å². The highest BCUT2D eigenvalue weighted by Crippen LogP contribution is 2.42. The van der Waals surface area contributed by atoms with E-state index in [1.54, 1.807) is 24.3 Å². The Bertz CT molecular complexity index is 860. The van der Waals surface area contributed by atoms with Gasteiger partial charge in [0.05, 0.1) is 12.1 Å². The molecule has 0 saturated carbocycles. The molecule has 0 saturated heterocycles. The molecule has 2 aromatic rings. The molecule has 136 valence electrons. The summed E-state index contributed by atoms with van der Waals surface area (Å²) in [5.41, 5.74) is -2.49. The Morgan fingerprint density at radius 1 is 1.12 bits per heavy atom. The number of amides is 1. The molecular formula is C18H14F4N2O2. The summed E-state index contributed by atoms with van der Waals surface area (Å²) < 4.78 is 53.5. The molecule has 0 spiro atoms. The van der Waals surface area contributed by atoms with Crippen LogP contribution in [0, 0.1) is 12.7 Å². The van der Waals surface area contributed by atoms with Crippen LogP contribution in [0.2, 0.25) is 0 Å². The van der Waals surface area contributed by atoms with Gasteiger partial charge in [-0.05, 0) is 36.8 Å². The van der Waals surface area contributed by atoms with E-state index in [-0.39, 0.29) is 16.3 Å². The summed E-state index contributed by atoms with van der Waals surface area (Å²) in [5, 5.41) is 14.0. The fourth-order valence-electron chi connectivity index (χ4n) is 2.60. The lowest BCUT2D eigenvalue weighted by Gasteiger charge is -2.32. The van der Waals surface area contributed by atoms with Gasteiger partial charge >= 0.3 is 6.18 Å². The second-order valence-electron chi connectivity index (χ2n) is 6.03. The Morgan fingerprint density at radius 3 is 2.23 bits per heavy atom. The van der Waals surface area contributed by atoms with Crippen molar-refractivity contribution < 1.29 is 27.5 Å². The fraction of sp³-hybridized carbons (Fsp3) is 0.222. The Morgan fingerprint density at radius 2 is 1.69 bits per heavy atom. The molecule has 1 amide bonds. The van der Waals surface area contributed by atoms with Crippen molar-refractivity contribution in [1.82, 2.24) is 5.01 Å². The minimum absolute atomic E-state index is 0.0232. The maximum atomic E-state index is 13.5. The van der Waals surface area contributed by atoms with Crippen LogP contribution in [0.3, 0.4) is 0 Å². The maximum absolute atomic E-state index is 13.5. The molecule has 0 aromatic heterocycles. The van der Waals surface area contributed by atoms with E-state index in [0.717, 1.165) is 29.8 Å². The van der Waals surface area contributed by atoms with E-state index in [1.165, 1.54) is 0 Å². The van der Waals surface area contributed by atoms with Crippen LogP contribution < -0.4 is 0 Å². The quantitative estimate of drug-likeness (QED) is 0.825. The fourth-order valence-corrected chi connectivity index (χ4v) is 2.60. The molecule has 1 aliphatic rings. The van der Waals surface area contributed by atoms with Crippen LogP contribution in [-0.2, 0) is 0 Å². The summed E-state index contributed by atoms with van der Waals surface area (Å²) in [6.07, 6.45) is -6.02. The van der Waals surface area contributed by atoms with Crippen LogP contribution in [0.5, 0.6) is 0 Å². The zero-order valence-corrected chi connectivity index (χ0v) is 13.6. The van der Waals surface area contributed by atoms with Gasteiger partial charge in [0, 0.05) is 5.56 Å². The average Bonchev–Trinajstić information content (AvgIpc) is 2.94. The van der Waals surface area contributed by atoms with Crippen molar-refractivity contribution in [2.45, 2.75) is 25.2 Å². The second kappa shape index (κ2) is 6.21. The molecule has 3 rings (SSSR count). The molecule has 26 heavy (non-hydrogen) atoms. The Balaban J connectivity index is 2.03. The van der Waals surface area contributed by atoms with E-state index in [2.05, 4.69) is 5.10 Å². The summed E-state index contributed by atoms with van der Waals surface area (Å²) in [7, 11) is 0. The number of hydrogen-bond acceptors (Lipinski definition) is 3. The molecular weight excluding hydrogens is 352 g/mol. The zero-order chi connectivity index (χ0) is 19.1. The number of hydrogen-bond donors (Lipinski definition) is 1. The van der Waals surface area contributed by atoms with Crippen LogP contribution in [0.4, 0.5) is 17.6 Å². The summed E-state index contributed by atoms with van der Waals surface area (Å²) in [6, 6.07) is 10.5.